The highest BCUT2D eigenvalue weighted by molar-refractivity contribution is 5.19. The lowest BCUT2D eigenvalue weighted by Crippen LogP contribution is -2.25. The van der Waals surface area contributed by atoms with Crippen molar-refractivity contribution >= 4 is 0 Å². The van der Waals surface area contributed by atoms with Gasteiger partial charge in [0.15, 0.2) is 0 Å². The van der Waals surface area contributed by atoms with Crippen LogP contribution in [0, 0.1) is 0 Å². The van der Waals surface area contributed by atoms with Gasteiger partial charge in [-0.1, -0.05) is 36.8 Å². The molecule has 108 valence electrons. The SMILES string of the molecule is COCCCCC(CNCCOC)c1ccccc1. The topological polar surface area (TPSA) is 30.5 Å². The maximum absolute atomic E-state index is 5.11. The molecule has 1 aromatic carbocycles. The molecule has 1 unspecified atom stereocenters. The molecule has 0 aliphatic heterocycles. The molecule has 1 rings (SSSR count). The van der Waals surface area contributed by atoms with Crippen LogP contribution in [0.4, 0.5) is 0 Å². The van der Waals surface area contributed by atoms with E-state index >= 15 is 0 Å². The quantitative estimate of drug-likeness (QED) is 0.624. The first kappa shape index (κ1) is 16.2. The lowest BCUT2D eigenvalue weighted by molar-refractivity contribution is 0.190. The molecule has 0 heterocycles. The van der Waals surface area contributed by atoms with Crippen molar-refractivity contribution < 1.29 is 9.47 Å². The van der Waals surface area contributed by atoms with Crippen LogP contribution in [-0.4, -0.2) is 40.5 Å². The van der Waals surface area contributed by atoms with Crippen molar-refractivity contribution in [3.05, 3.63) is 35.9 Å². The molecule has 0 aromatic heterocycles. The summed E-state index contributed by atoms with van der Waals surface area (Å²) in [5.41, 5.74) is 1.42. The summed E-state index contributed by atoms with van der Waals surface area (Å²) in [6.07, 6.45) is 3.55. The fourth-order valence-corrected chi connectivity index (χ4v) is 2.20. The van der Waals surface area contributed by atoms with Gasteiger partial charge in [-0.2, -0.15) is 0 Å². The number of methoxy groups -OCH3 is 2. The summed E-state index contributed by atoms with van der Waals surface area (Å²) < 4.78 is 10.2. The molecule has 0 amide bonds. The molecular weight excluding hydrogens is 238 g/mol. The first-order valence-corrected chi connectivity index (χ1v) is 7.12. The molecule has 19 heavy (non-hydrogen) atoms. The number of unbranched alkanes of at least 4 members (excludes halogenated alkanes) is 1. The van der Waals surface area contributed by atoms with E-state index in [-0.39, 0.29) is 0 Å². The van der Waals surface area contributed by atoms with E-state index in [0.717, 1.165) is 32.7 Å². The van der Waals surface area contributed by atoms with Gasteiger partial charge in [0.05, 0.1) is 6.61 Å². The van der Waals surface area contributed by atoms with E-state index in [1.807, 2.05) is 0 Å². The molecule has 0 spiro atoms. The molecule has 0 saturated carbocycles. The fourth-order valence-electron chi connectivity index (χ4n) is 2.20. The van der Waals surface area contributed by atoms with Gasteiger partial charge in [-0.3, -0.25) is 0 Å². The zero-order valence-electron chi connectivity index (χ0n) is 12.2. The predicted molar refractivity (Wildman–Crippen MR) is 79.7 cm³/mol. The minimum Gasteiger partial charge on any atom is -0.385 e. The summed E-state index contributed by atoms with van der Waals surface area (Å²) in [6, 6.07) is 10.8. The molecule has 1 N–H and O–H groups in total. The van der Waals surface area contributed by atoms with Gasteiger partial charge >= 0.3 is 0 Å². The van der Waals surface area contributed by atoms with Crippen LogP contribution in [-0.2, 0) is 9.47 Å². The fraction of sp³-hybridized carbons (Fsp3) is 0.625. The number of benzene rings is 1. The van der Waals surface area contributed by atoms with Crippen molar-refractivity contribution in [1.29, 1.82) is 0 Å². The van der Waals surface area contributed by atoms with Crippen LogP contribution in [0.5, 0.6) is 0 Å². The van der Waals surface area contributed by atoms with E-state index < -0.39 is 0 Å². The van der Waals surface area contributed by atoms with Crippen LogP contribution in [0.1, 0.15) is 30.7 Å². The van der Waals surface area contributed by atoms with Crippen LogP contribution in [0.3, 0.4) is 0 Å². The molecule has 0 bridgehead atoms. The van der Waals surface area contributed by atoms with Gasteiger partial charge in [0, 0.05) is 33.9 Å². The standard InChI is InChI=1S/C16H27NO2/c1-18-12-7-6-10-16(14-17-11-13-19-2)15-8-4-3-5-9-15/h3-5,8-9,16-17H,6-7,10-14H2,1-2H3. The molecule has 0 aliphatic carbocycles. The highest BCUT2D eigenvalue weighted by Gasteiger charge is 2.10. The normalized spacial score (nSPS) is 12.5. The summed E-state index contributed by atoms with van der Waals surface area (Å²) in [6.45, 7) is 3.56. The van der Waals surface area contributed by atoms with Gasteiger partial charge in [-0.05, 0) is 24.3 Å². The molecule has 3 heteroatoms. The molecule has 3 nitrogen and oxygen atoms in total. The average Bonchev–Trinajstić information content (AvgIpc) is 2.46. The summed E-state index contributed by atoms with van der Waals surface area (Å²) in [7, 11) is 3.50. The monoisotopic (exact) mass is 265 g/mol. The predicted octanol–water partition coefficient (Wildman–Crippen LogP) is 2.82. The smallest absolute Gasteiger partial charge is 0.0587 e. The average molecular weight is 265 g/mol. The number of ether oxygens (including phenoxy) is 2. The van der Waals surface area contributed by atoms with E-state index in [1.165, 1.54) is 18.4 Å². The second-order valence-electron chi connectivity index (χ2n) is 4.79. The van der Waals surface area contributed by atoms with Crippen LogP contribution >= 0.6 is 0 Å². The summed E-state index contributed by atoms with van der Waals surface area (Å²) in [5, 5.41) is 3.47. The van der Waals surface area contributed by atoms with Gasteiger partial charge in [0.1, 0.15) is 0 Å². The first-order valence-electron chi connectivity index (χ1n) is 7.12. The maximum Gasteiger partial charge on any atom is 0.0587 e. The van der Waals surface area contributed by atoms with Gasteiger partial charge in [0.2, 0.25) is 0 Å². The Bertz CT molecular complexity index is 291. The molecule has 0 fully saturated rings. The molecule has 1 aromatic rings. The highest BCUT2D eigenvalue weighted by Crippen LogP contribution is 2.21. The lowest BCUT2D eigenvalue weighted by atomic mass is 9.93. The van der Waals surface area contributed by atoms with Crippen molar-refractivity contribution in [2.24, 2.45) is 0 Å². The van der Waals surface area contributed by atoms with Gasteiger partial charge in [-0.25, -0.2) is 0 Å². The Kier molecular flexibility index (Phi) is 9.33. The van der Waals surface area contributed by atoms with Crippen molar-refractivity contribution in [2.75, 3.05) is 40.5 Å². The number of rotatable bonds is 11. The van der Waals surface area contributed by atoms with E-state index in [9.17, 15) is 0 Å². The summed E-state index contributed by atoms with van der Waals surface area (Å²) in [5.74, 6) is 0.579. The van der Waals surface area contributed by atoms with Gasteiger partial charge < -0.3 is 14.8 Å². The van der Waals surface area contributed by atoms with E-state index in [2.05, 4.69) is 35.6 Å². The molecule has 1 atom stereocenters. The van der Waals surface area contributed by atoms with Gasteiger partial charge in [0.25, 0.3) is 0 Å². The number of hydrogen-bond acceptors (Lipinski definition) is 3. The Hall–Kier alpha value is -0.900. The molecular formula is C16H27NO2. The largest absolute Gasteiger partial charge is 0.385 e. The van der Waals surface area contributed by atoms with Crippen molar-refractivity contribution in [3.63, 3.8) is 0 Å². The lowest BCUT2D eigenvalue weighted by Gasteiger charge is -2.18. The van der Waals surface area contributed by atoms with Crippen molar-refractivity contribution in [1.82, 2.24) is 5.32 Å². The Balaban J connectivity index is 2.39. The minimum absolute atomic E-state index is 0.579. The third-order valence-electron chi connectivity index (χ3n) is 3.30. The van der Waals surface area contributed by atoms with Crippen LogP contribution < -0.4 is 5.32 Å². The van der Waals surface area contributed by atoms with Gasteiger partial charge in [-0.15, -0.1) is 0 Å². The molecule has 0 saturated heterocycles. The first-order chi connectivity index (χ1) is 9.38. The zero-order chi connectivity index (χ0) is 13.8. The van der Waals surface area contributed by atoms with Crippen LogP contribution in [0.15, 0.2) is 30.3 Å². The van der Waals surface area contributed by atoms with E-state index in [4.69, 9.17) is 9.47 Å². The van der Waals surface area contributed by atoms with E-state index in [1.54, 1.807) is 14.2 Å². The van der Waals surface area contributed by atoms with E-state index in [0.29, 0.717) is 5.92 Å². The van der Waals surface area contributed by atoms with Crippen molar-refractivity contribution in [3.8, 4) is 0 Å². The Labute approximate surface area is 117 Å². The number of hydrogen-bond donors (Lipinski definition) is 1. The second-order valence-corrected chi connectivity index (χ2v) is 4.79. The second kappa shape index (κ2) is 11.0. The number of nitrogens with one attached hydrogen (secondary N) is 1. The molecule has 0 aliphatic rings. The minimum atomic E-state index is 0.579. The van der Waals surface area contributed by atoms with Crippen LogP contribution in [0.2, 0.25) is 0 Å². The summed E-state index contributed by atoms with van der Waals surface area (Å²) in [4.78, 5) is 0. The van der Waals surface area contributed by atoms with Crippen LogP contribution in [0.25, 0.3) is 0 Å². The third kappa shape index (κ3) is 7.31. The molecule has 0 radical (unpaired) electrons. The third-order valence-corrected chi connectivity index (χ3v) is 3.30. The summed E-state index contributed by atoms with van der Waals surface area (Å²) >= 11 is 0. The maximum atomic E-state index is 5.11. The Morgan fingerprint density at radius 3 is 2.42 bits per heavy atom. The Morgan fingerprint density at radius 2 is 1.74 bits per heavy atom. The highest BCUT2D eigenvalue weighted by atomic mass is 16.5. The Morgan fingerprint density at radius 1 is 1.00 bits per heavy atom. The zero-order valence-corrected chi connectivity index (χ0v) is 12.2. The van der Waals surface area contributed by atoms with Crippen molar-refractivity contribution in [2.45, 2.75) is 25.2 Å².